The van der Waals surface area contributed by atoms with Crippen molar-refractivity contribution in [2.75, 3.05) is 5.32 Å². The predicted molar refractivity (Wildman–Crippen MR) is 72.1 cm³/mol. The van der Waals surface area contributed by atoms with Crippen molar-refractivity contribution in [3.63, 3.8) is 0 Å². The van der Waals surface area contributed by atoms with Gasteiger partial charge < -0.3 is 5.32 Å². The highest BCUT2D eigenvalue weighted by molar-refractivity contribution is 6.01. The number of carbonyl (C=O) groups excluding carboxylic acids is 1. The number of nitriles is 1. The molecule has 1 aromatic carbocycles. The summed E-state index contributed by atoms with van der Waals surface area (Å²) in [6.45, 7) is 1.85. The third-order valence-electron chi connectivity index (χ3n) is 2.52. The van der Waals surface area contributed by atoms with E-state index in [4.69, 9.17) is 5.26 Å². The lowest BCUT2D eigenvalue weighted by molar-refractivity contribution is -0.111. The van der Waals surface area contributed by atoms with E-state index >= 15 is 0 Å². The third-order valence-corrected chi connectivity index (χ3v) is 2.52. The van der Waals surface area contributed by atoms with Crippen molar-refractivity contribution >= 4 is 17.8 Å². The number of aromatic amines is 1. The number of H-pyrrole nitrogens is 1. The number of hydrogen-bond donors (Lipinski definition) is 2. The van der Waals surface area contributed by atoms with Crippen molar-refractivity contribution in [1.82, 2.24) is 10.2 Å². The van der Waals surface area contributed by atoms with Gasteiger partial charge in [0.15, 0.2) is 0 Å². The van der Waals surface area contributed by atoms with Crippen molar-refractivity contribution < 1.29 is 4.79 Å². The fourth-order valence-electron chi connectivity index (χ4n) is 1.52. The predicted octanol–water partition coefficient (Wildman–Crippen LogP) is 2.24. The molecule has 2 rings (SSSR count). The number of carbonyl (C=O) groups is 1. The first kappa shape index (κ1) is 12.6. The van der Waals surface area contributed by atoms with Crippen LogP contribution in [0.1, 0.15) is 16.7 Å². The Kier molecular flexibility index (Phi) is 3.74. The summed E-state index contributed by atoms with van der Waals surface area (Å²) < 4.78 is 0. The zero-order chi connectivity index (χ0) is 13.7. The Labute approximate surface area is 110 Å². The maximum atomic E-state index is 11.7. The van der Waals surface area contributed by atoms with Gasteiger partial charge >= 0.3 is 0 Å². The van der Waals surface area contributed by atoms with E-state index in [-0.39, 0.29) is 5.91 Å². The molecule has 0 radical (unpaired) electrons. The van der Waals surface area contributed by atoms with Crippen LogP contribution in [-0.2, 0) is 4.79 Å². The largest absolute Gasteiger partial charge is 0.307 e. The number of amides is 1. The quantitative estimate of drug-likeness (QED) is 0.822. The molecular weight excluding hydrogens is 240 g/mol. The molecule has 0 aliphatic carbocycles. The van der Waals surface area contributed by atoms with Crippen LogP contribution in [0.3, 0.4) is 0 Å². The van der Waals surface area contributed by atoms with Crippen LogP contribution in [0, 0.1) is 18.3 Å². The molecule has 2 aromatic rings. The van der Waals surface area contributed by atoms with Crippen LogP contribution >= 0.6 is 0 Å². The second kappa shape index (κ2) is 5.65. The van der Waals surface area contributed by atoms with Crippen LogP contribution in [0.4, 0.5) is 5.82 Å². The van der Waals surface area contributed by atoms with Gasteiger partial charge in [0.2, 0.25) is 5.91 Å². The summed E-state index contributed by atoms with van der Waals surface area (Å²) >= 11 is 0. The highest BCUT2D eigenvalue weighted by Crippen LogP contribution is 2.09. The lowest BCUT2D eigenvalue weighted by Crippen LogP contribution is -2.08. The molecule has 5 heteroatoms. The minimum Gasteiger partial charge on any atom is -0.307 e. The van der Waals surface area contributed by atoms with E-state index in [1.165, 1.54) is 6.08 Å². The molecule has 0 spiro atoms. The van der Waals surface area contributed by atoms with Gasteiger partial charge in [0.1, 0.15) is 5.82 Å². The van der Waals surface area contributed by atoms with E-state index in [1.807, 2.05) is 13.0 Å². The van der Waals surface area contributed by atoms with Gasteiger partial charge in [-0.2, -0.15) is 10.4 Å². The average Bonchev–Trinajstić information content (AvgIpc) is 2.82. The lowest BCUT2D eigenvalue weighted by Gasteiger charge is -1.99. The maximum Gasteiger partial charge on any atom is 0.249 e. The minimum absolute atomic E-state index is 0.255. The van der Waals surface area contributed by atoms with Crippen molar-refractivity contribution in [1.29, 1.82) is 5.26 Å². The fraction of sp³-hybridized carbons (Fsp3) is 0.0714. The van der Waals surface area contributed by atoms with Gasteiger partial charge in [-0.15, -0.1) is 0 Å². The van der Waals surface area contributed by atoms with Gasteiger partial charge in [0, 0.05) is 11.6 Å². The topological polar surface area (TPSA) is 81.6 Å². The van der Waals surface area contributed by atoms with Crippen molar-refractivity contribution in [2.24, 2.45) is 0 Å². The van der Waals surface area contributed by atoms with Crippen LogP contribution in [0.2, 0.25) is 0 Å². The fourth-order valence-corrected chi connectivity index (χ4v) is 1.52. The summed E-state index contributed by atoms with van der Waals surface area (Å²) in [6, 6.07) is 9.08. The van der Waals surface area contributed by atoms with Crippen LogP contribution in [0.15, 0.2) is 36.5 Å². The molecule has 0 atom stereocenters. The molecule has 0 bridgehead atoms. The highest BCUT2D eigenvalue weighted by Gasteiger charge is 2.02. The molecule has 19 heavy (non-hydrogen) atoms. The smallest absolute Gasteiger partial charge is 0.249 e. The van der Waals surface area contributed by atoms with E-state index < -0.39 is 0 Å². The third kappa shape index (κ3) is 3.30. The molecular formula is C14H12N4O. The van der Waals surface area contributed by atoms with Crippen LogP contribution in [-0.4, -0.2) is 16.1 Å². The van der Waals surface area contributed by atoms with Gasteiger partial charge in [-0.1, -0.05) is 12.1 Å². The van der Waals surface area contributed by atoms with E-state index in [2.05, 4.69) is 21.6 Å². The number of hydrogen-bond acceptors (Lipinski definition) is 3. The maximum absolute atomic E-state index is 11.7. The Hall–Kier alpha value is -2.87. The summed E-state index contributed by atoms with van der Waals surface area (Å²) in [5, 5.41) is 18.0. The molecule has 0 saturated carbocycles. The van der Waals surface area contributed by atoms with Crippen molar-refractivity contribution in [3.05, 3.63) is 53.2 Å². The van der Waals surface area contributed by atoms with Gasteiger partial charge in [-0.05, 0) is 30.7 Å². The monoisotopic (exact) mass is 252 g/mol. The van der Waals surface area contributed by atoms with Crippen molar-refractivity contribution in [3.8, 4) is 6.07 Å². The summed E-state index contributed by atoms with van der Waals surface area (Å²) in [7, 11) is 0. The number of benzene rings is 1. The molecule has 0 unspecified atom stereocenters. The Morgan fingerprint density at radius 2 is 2.37 bits per heavy atom. The van der Waals surface area contributed by atoms with Gasteiger partial charge in [0.25, 0.3) is 0 Å². The van der Waals surface area contributed by atoms with Crippen LogP contribution < -0.4 is 5.32 Å². The molecule has 0 aliphatic heterocycles. The first-order valence-electron chi connectivity index (χ1n) is 5.68. The molecule has 1 amide bonds. The SMILES string of the molecule is Cc1cn[nH]c1NC(=O)/C=C/c1cccc(C#N)c1. The minimum atomic E-state index is -0.255. The molecule has 5 nitrogen and oxygen atoms in total. The van der Waals surface area contributed by atoms with Crippen LogP contribution in [0.5, 0.6) is 0 Å². The molecule has 1 heterocycles. The number of nitrogens with one attached hydrogen (secondary N) is 2. The lowest BCUT2D eigenvalue weighted by atomic mass is 10.1. The average molecular weight is 252 g/mol. The normalized spacial score (nSPS) is 10.3. The Bertz CT molecular complexity index is 664. The van der Waals surface area contributed by atoms with E-state index in [1.54, 1.807) is 30.5 Å². The van der Waals surface area contributed by atoms with E-state index in [0.29, 0.717) is 11.4 Å². The van der Waals surface area contributed by atoms with E-state index in [0.717, 1.165) is 11.1 Å². The zero-order valence-corrected chi connectivity index (χ0v) is 10.3. The summed E-state index contributed by atoms with van der Waals surface area (Å²) in [5.74, 6) is 0.329. The van der Waals surface area contributed by atoms with Gasteiger partial charge in [-0.3, -0.25) is 9.89 Å². The standard InChI is InChI=1S/C14H12N4O/c1-10-9-16-18-14(10)17-13(19)6-5-11-3-2-4-12(7-11)8-15/h2-7,9H,1H3,(H2,16,17,18,19)/b6-5+. The zero-order valence-electron chi connectivity index (χ0n) is 10.3. The molecule has 94 valence electrons. The Morgan fingerprint density at radius 3 is 3.05 bits per heavy atom. The molecule has 1 aromatic heterocycles. The summed E-state index contributed by atoms with van der Waals surface area (Å²) in [5.41, 5.74) is 2.23. The summed E-state index contributed by atoms with van der Waals surface area (Å²) in [4.78, 5) is 11.7. The van der Waals surface area contributed by atoms with Crippen LogP contribution in [0.25, 0.3) is 6.08 Å². The molecule has 0 aliphatic rings. The number of aryl methyl sites for hydroxylation is 1. The number of nitrogens with zero attached hydrogens (tertiary/aromatic N) is 2. The molecule has 0 saturated heterocycles. The van der Waals surface area contributed by atoms with Gasteiger partial charge in [-0.25, -0.2) is 0 Å². The second-order valence-electron chi connectivity index (χ2n) is 3.99. The van der Waals surface area contributed by atoms with E-state index in [9.17, 15) is 4.79 Å². The second-order valence-corrected chi connectivity index (χ2v) is 3.99. The molecule has 0 fully saturated rings. The Morgan fingerprint density at radius 1 is 1.53 bits per heavy atom. The van der Waals surface area contributed by atoms with Crippen molar-refractivity contribution in [2.45, 2.75) is 6.92 Å². The first-order valence-corrected chi connectivity index (χ1v) is 5.68. The highest BCUT2D eigenvalue weighted by atomic mass is 16.1. The van der Waals surface area contributed by atoms with Gasteiger partial charge in [0.05, 0.1) is 17.8 Å². The number of aromatic nitrogens is 2. The first-order chi connectivity index (χ1) is 9.19. The number of rotatable bonds is 3. The number of anilines is 1. The summed E-state index contributed by atoms with van der Waals surface area (Å²) in [6.07, 6.45) is 4.70. The molecule has 2 N–H and O–H groups in total. The Balaban J connectivity index is 2.04.